The Hall–Kier alpha value is -4.19. The molecule has 0 unspecified atom stereocenters. The van der Waals surface area contributed by atoms with Gasteiger partial charge in [-0.25, -0.2) is 0 Å². The van der Waals surface area contributed by atoms with Crippen molar-refractivity contribution in [3.05, 3.63) is 113 Å². The molecule has 1 atom stereocenters. The van der Waals surface area contributed by atoms with Crippen molar-refractivity contribution >= 4 is 17.4 Å². The van der Waals surface area contributed by atoms with E-state index in [2.05, 4.69) is 11.6 Å². The molecular formula is C28H26N2O4. The van der Waals surface area contributed by atoms with Gasteiger partial charge in [-0.05, 0) is 54.8 Å². The van der Waals surface area contributed by atoms with Crippen molar-refractivity contribution in [2.75, 3.05) is 6.61 Å². The van der Waals surface area contributed by atoms with Gasteiger partial charge in [0.25, 0.3) is 11.7 Å². The number of amides is 1. The van der Waals surface area contributed by atoms with E-state index in [0.29, 0.717) is 17.9 Å². The first-order valence-electron chi connectivity index (χ1n) is 11.0. The predicted octanol–water partition coefficient (Wildman–Crippen LogP) is 4.89. The molecule has 1 aliphatic heterocycles. The zero-order valence-electron chi connectivity index (χ0n) is 19.2. The van der Waals surface area contributed by atoms with Gasteiger partial charge in [0.15, 0.2) is 0 Å². The first-order valence-corrected chi connectivity index (χ1v) is 11.0. The topological polar surface area (TPSA) is 79.7 Å². The van der Waals surface area contributed by atoms with E-state index in [4.69, 9.17) is 4.74 Å². The number of benzene rings is 2. The summed E-state index contributed by atoms with van der Waals surface area (Å²) in [4.78, 5) is 31.9. The maximum Gasteiger partial charge on any atom is 0.295 e. The van der Waals surface area contributed by atoms with Crippen molar-refractivity contribution in [2.24, 2.45) is 0 Å². The van der Waals surface area contributed by atoms with Crippen LogP contribution in [0.25, 0.3) is 5.76 Å². The van der Waals surface area contributed by atoms with Crippen molar-refractivity contribution < 1.29 is 19.4 Å². The molecule has 1 amide bonds. The molecule has 1 fully saturated rings. The second kappa shape index (κ2) is 9.75. The fourth-order valence-corrected chi connectivity index (χ4v) is 4.09. The molecule has 0 saturated carbocycles. The Kier molecular flexibility index (Phi) is 6.59. The number of hydrogen-bond donors (Lipinski definition) is 1. The number of carbonyl (C=O) groups excluding carboxylic acids is 2. The first-order chi connectivity index (χ1) is 16.4. The van der Waals surface area contributed by atoms with Gasteiger partial charge in [-0.2, -0.15) is 0 Å². The van der Waals surface area contributed by atoms with E-state index in [1.54, 1.807) is 42.7 Å². The van der Waals surface area contributed by atoms with Crippen LogP contribution in [0.3, 0.4) is 0 Å². The Morgan fingerprint density at radius 2 is 1.91 bits per heavy atom. The van der Waals surface area contributed by atoms with Crippen LogP contribution in [0.2, 0.25) is 0 Å². The van der Waals surface area contributed by atoms with Gasteiger partial charge in [0, 0.05) is 24.5 Å². The second-order valence-electron chi connectivity index (χ2n) is 8.28. The van der Waals surface area contributed by atoms with Crippen molar-refractivity contribution in [1.29, 1.82) is 0 Å². The van der Waals surface area contributed by atoms with E-state index in [0.717, 1.165) is 22.3 Å². The Bertz CT molecular complexity index is 1260. The number of hydrogen-bond acceptors (Lipinski definition) is 5. The fraction of sp³-hybridized carbons (Fsp3) is 0.179. The van der Waals surface area contributed by atoms with Gasteiger partial charge in [0.1, 0.15) is 18.1 Å². The van der Waals surface area contributed by atoms with Crippen LogP contribution in [0.15, 0.2) is 85.2 Å². The average molecular weight is 455 g/mol. The van der Waals surface area contributed by atoms with Crippen molar-refractivity contribution in [2.45, 2.75) is 26.4 Å². The molecule has 4 rings (SSSR count). The quantitative estimate of drug-likeness (QED) is 0.238. The van der Waals surface area contributed by atoms with Crippen molar-refractivity contribution in [3.8, 4) is 5.75 Å². The molecule has 0 aliphatic carbocycles. The van der Waals surface area contributed by atoms with E-state index in [1.165, 1.54) is 4.90 Å². The van der Waals surface area contributed by atoms with Crippen LogP contribution < -0.4 is 4.74 Å². The average Bonchev–Trinajstić information content (AvgIpc) is 3.09. The maximum atomic E-state index is 13.2. The Morgan fingerprint density at radius 1 is 1.15 bits per heavy atom. The lowest BCUT2D eigenvalue weighted by atomic mass is 9.94. The molecule has 1 aliphatic rings. The molecule has 34 heavy (non-hydrogen) atoms. The Morgan fingerprint density at radius 3 is 2.56 bits per heavy atom. The van der Waals surface area contributed by atoms with Crippen LogP contribution in [-0.2, 0) is 16.1 Å². The molecule has 1 saturated heterocycles. The summed E-state index contributed by atoms with van der Waals surface area (Å²) in [5.74, 6) is -0.921. The minimum atomic E-state index is -0.724. The molecule has 6 nitrogen and oxygen atoms in total. The lowest BCUT2D eigenvalue weighted by Crippen LogP contribution is -2.29. The first kappa shape index (κ1) is 23.0. The van der Waals surface area contributed by atoms with Crippen molar-refractivity contribution in [3.63, 3.8) is 0 Å². The van der Waals surface area contributed by atoms with E-state index in [-0.39, 0.29) is 17.9 Å². The molecule has 0 radical (unpaired) electrons. The number of ketones is 1. The molecule has 1 N–H and O–H groups in total. The summed E-state index contributed by atoms with van der Waals surface area (Å²) in [6.45, 7) is 8.03. The highest BCUT2D eigenvalue weighted by Gasteiger charge is 2.46. The zero-order chi connectivity index (χ0) is 24.2. The molecule has 0 bridgehead atoms. The minimum Gasteiger partial charge on any atom is -0.507 e. The van der Waals surface area contributed by atoms with Crippen molar-refractivity contribution in [1.82, 2.24) is 9.88 Å². The number of aromatic nitrogens is 1. The summed E-state index contributed by atoms with van der Waals surface area (Å²) in [7, 11) is 0. The number of Topliss-reactive ketones (excluding diaryl/α,β-unsaturated/α-hetero) is 1. The smallest absolute Gasteiger partial charge is 0.295 e. The van der Waals surface area contributed by atoms with E-state index in [9.17, 15) is 14.7 Å². The third-order valence-corrected chi connectivity index (χ3v) is 5.81. The number of aryl methyl sites for hydroxylation is 2. The highest BCUT2D eigenvalue weighted by atomic mass is 16.5. The molecule has 3 aromatic rings. The summed E-state index contributed by atoms with van der Waals surface area (Å²) >= 11 is 0. The minimum absolute atomic E-state index is 0.0666. The molecule has 172 valence electrons. The van der Waals surface area contributed by atoms with Gasteiger partial charge in [0.2, 0.25) is 0 Å². The number of aliphatic hydroxyl groups is 1. The largest absolute Gasteiger partial charge is 0.507 e. The second-order valence-corrected chi connectivity index (χ2v) is 8.28. The van der Waals surface area contributed by atoms with Crippen LogP contribution in [0.5, 0.6) is 5.75 Å². The Labute approximate surface area is 198 Å². The molecule has 2 aromatic carbocycles. The number of likely N-dealkylation sites (tertiary alicyclic amines) is 1. The molecule has 0 spiro atoms. The van der Waals surface area contributed by atoms with Gasteiger partial charge < -0.3 is 14.7 Å². The van der Waals surface area contributed by atoms with Crippen LogP contribution in [0.4, 0.5) is 0 Å². The van der Waals surface area contributed by atoms with E-state index in [1.807, 2.05) is 44.2 Å². The zero-order valence-corrected chi connectivity index (χ0v) is 19.2. The van der Waals surface area contributed by atoms with Gasteiger partial charge in [-0.3, -0.25) is 14.6 Å². The number of pyridine rings is 1. The monoisotopic (exact) mass is 454 g/mol. The molecule has 1 aromatic heterocycles. The fourth-order valence-electron chi connectivity index (χ4n) is 4.09. The van der Waals surface area contributed by atoms with E-state index >= 15 is 0 Å². The number of ether oxygens (including phenoxy) is 1. The molecule has 6 heteroatoms. The van der Waals surface area contributed by atoms with Crippen LogP contribution in [0, 0.1) is 13.8 Å². The van der Waals surface area contributed by atoms with Gasteiger partial charge >= 0.3 is 0 Å². The van der Waals surface area contributed by atoms with Crippen LogP contribution in [0.1, 0.15) is 33.9 Å². The molecular weight excluding hydrogens is 428 g/mol. The highest BCUT2D eigenvalue weighted by molar-refractivity contribution is 6.46. The number of aliphatic hydroxyl groups excluding tert-OH is 1. The highest BCUT2D eigenvalue weighted by Crippen LogP contribution is 2.40. The maximum absolute atomic E-state index is 13.2. The lowest BCUT2D eigenvalue weighted by Gasteiger charge is -2.25. The number of carbonyl (C=O) groups is 2. The Balaban J connectivity index is 1.81. The summed E-state index contributed by atoms with van der Waals surface area (Å²) in [5, 5.41) is 11.3. The third-order valence-electron chi connectivity index (χ3n) is 5.81. The summed E-state index contributed by atoms with van der Waals surface area (Å²) in [5.41, 5.74) is 3.90. The van der Waals surface area contributed by atoms with Crippen LogP contribution in [-0.4, -0.2) is 33.3 Å². The summed E-state index contributed by atoms with van der Waals surface area (Å²) < 4.78 is 5.62. The predicted molar refractivity (Wildman–Crippen MR) is 130 cm³/mol. The van der Waals surface area contributed by atoms with Gasteiger partial charge in [-0.15, -0.1) is 0 Å². The lowest BCUT2D eigenvalue weighted by molar-refractivity contribution is -0.140. The van der Waals surface area contributed by atoms with Gasteiger partial charge in [0.05, 0.1) is 11.6 Å². The third kappa shape index (κ3) is 4.48. The standard InChI is InChI=1S/C28H26N2O4/c1-4-14-34-23-12-11-22(15-19(23)3)26(31)24-25(21-9-7-18(2)8-10-21)30(28(33)27(24)32)17-20-6-5-13-29-16-20/h4-13,15-16,25,31H,1,14,17H2,2-3H3/t25-/m1/s1. The molecule has 2 heterocycles. The van der Waals surface area contributed by atoms with Gasteiger partial charge in [-0.1, -0.05) is 48.6 Å². The SMILES string of the molecule is C=CCOc1ccc(C(O)=C2C(=O)C(=O)N(Cc3cccnc3)[C@@H]2c2ccc(C)cc2)cc1C. The normalized spacial score (nSPS) is 17.1. The van der Waals surface area contributed by atoms with Crippen LogP contribution >= 0.6 is 0 Å². The summed E-state index contributed by atoms with van der Waals surface area (Å²) in [6.07, 6.45) is 4.97. The number of rotatable bonds is 7. The van der Waals surface area contributed by atoms with E-state index < -0.39 is 17.7 Å². The summed E-state index contributed by atoms with van der Waals surface area (Å²) in [6, 6.07) is 15.7. The number of nitrogens with zero attached hydrogens (tertiary/aromatic N) is 2.